The molecular formula is C20H25N5O3. The summed E-state index contributed by atoms with van der Waals surface area (Å²) in [5, 5.41) is 7.24. The van der Waals surface area contributed by atoms with Gasteiger partial charge in [0.25, 0.3) is 11.5 Å². The van der Waals surface area contributed by atoms with Crippen molar-refractivity contribution in [3.8, 4) is 5.69 Å². The van der Waals surface area contributed by atoms with Gasteiger partial charge in [-0.25, -0.2) is 9.67 Å². The van der Waals surface area contributed by atoms with Crippen LogP contribution >= 0.6 is 0 Å². The maximum Gasteiger partial charge on any atom is 0.279 e. The summed E-state index contributed by atoms with van der Waals surface area (Å²) in [5.74, 6) is -0.360. The van der Waals surface area contributed by atoms with Crippen LogP contribution in [0.5, 0.6) is 0 Å². The lowest BCUT2D eigenvalue weighted by Gasteiger charge is -2.07. The Morgan fingerprint density at radius 2 is 1.96 bits per heavy atom. The fourth-order valence-corrected chi connectivity index (χ4v) is 2.79. The third-order valence-corrected chi connectivity index (χ3v) is 4.29. The van der Waals surface area contributed by atoms with E-state index in [1.54, 1.807) is 7.05 Å². The molecule has 8 heteroatoms. The maximum absolute atomic E-state index is 12.7. The monoisotopic (exact) mass is 383 g/mol. The number of aryl methyl sites for hydroxylation is 2. The molecular weight excluding hydrogens is 358 g/mol. The summed E-state index contributed by atoms with van der Waals surface area (Å²) in [6.45, 7) is 6.93. The highest BCUT2D eigenvalue weighted by Crippen LogP contribution is 2.18. The molecule has 0 fully saturated rings. The highest BCUT2D eigenvalue weighted by atomic mass is 16.5. The maximum atomic E-state index is 12.7. The van der Waals surface area contributed by atoms with Crippen LogP contribution in [-0.2, 0) is 11.8 Å². The van der Waals surface area contributed by atoms with E-state index < -0.39 is 0 Å². The van der Waals surface area contributed by atoms with Crippen molar-refractivity contribution < 1.29 is 9.53 Å². The molecule has 28 heavy (non-hydrogen) atoms. The van der Waals surface area contributed by atoms with Gasteiger partial charge in [-0.05, 0) is 39.3 Å². The van der Waals surface area contributed by atoms with Crippen LogP contribution in [0.3, 0.4) is 0 Å². The number of benzene rings is 1. The van der Waals surface area contributed by atoms with Crippen LogP contribution in [0.25, 0.3) is 16.7 Å². The zero-order chi connectivity index (χ0) is 20.3. The molecule has 1 amide bonds. The Balaban J connectivity index is 1.93. The van der Waals surface area contributed by atoms with Crippen LogP contribution in [0, 0.1) is 6.92 Å². The first-order valence-electron chi connectivity index (χ1n) is 9.29. The first kappa shape index (κ1) is 19.8. The van der Waals surface area contributed by atoms with E-state index >= 15 is 0 Å². The van der Waals surface area contributed by atoms with Crippen molar-refractivity contribution >= 4 is 16.9 Å². The lowest BCUT2D eigenvalue weighted by Crippen LogP contribution is -2.26. The molecule has 2 heterocycles. The molecule has 0 radical (unpaired) electrons. The first-order valence-corrected chi connectivity index (χ1v) is 9.29. The number of rotatable bonds is 7. The third-order valence-electron chi connectivity index (χ3n) is 4.29. The largest absolute Gasteiger partial charge is 0.379 e. The van der Waals surface area contributed by atoms with Gasteiger partial charge in [-0.15, -0.1) is 0 Å². The van der Waals surface area contributed by atoms with Crippen LogP contribution in [0.1, 0.15) is 36.3 Å². The van der Waals surface area contributed by atoms with Crippen molar-refractivity contribution in [3.05, 3.63) is 52.2 Å². The molecule has 0 aliphatic carbocycles. The Labute approximate surface area is 163 Å². The quantitative estimate of drug-likeness (QED) is 0.630. The minimum absolute atomic E-state index is 0.137. The number of carbonyl (C=O) groups is 1. The van der Waals surface area contributed by atoms with Crippen molar-refractivity contribution in [1.29, 1.82) is 0 Å². The number of amides is 1. The van der Waals surface area contributed by atoms with Crippen molar-refractivity contribution in [2.75, 3.05) is 13.2 Å². The Hall–Kier alpha value is -3.00. The summed E-state index contributed by atoms with van der Waals surface area (Å²) >= 11 is 0. The van der Waals surface area contributed by atoms with E-state index in [1.165, 1.54) is 15.6 Å². The lowest BCUT2D eigenvalue weighted by atomic mass is 10.2. The second-order valence-electron chi connectivity index (χ2n) is 6.98. The number of nitrogens with one attached hydrogen (secondary N) is 1. The van der Waals surface area contributed by atoms with Gasteiger partial charge in [0.2, 0.25) is 0 Å². The summed E-state index contributed by atoms with van der Waals surface area (Å²) in [5.41, 5.74) is 2.24. The van der Waals surface area contributed by atoms with Crippen LogP contribution in [0.15, 0.2) is 35.4 Å². The van der Waals surface area contributed by atoms with Crippen molar-refractivity contribution in [3.63, 3.8) is 0 Å². The van der Waals surface area contributed by atoms with E-state index in [4.69, 9.17) is 4.74 Å². The number of fused-ring (bicyclic) bond motifs is 1. The van der Waals surface area contributed by atoms with Crippen LogP contribution in [0.2, 0.25) is 0 Å². The van der Waals surface area contributed by atoms with Crippen LogP contribution in [-0.4, -0.2) is 44.5 Å². The highest BCUT2D eigenvalue weighted by molar-refractivity contribution is 6.03. The molecule has 0 bridgehead atoms. The SMILES string of the molecule is Cc1ccc(-n2nc(C(=O)NCCCOC(C)C)c3ncn(C)c(=O)c32)cc1. The summed E-state index contributed by atoms with van der Waals surface area (Å²) < 4.78 is 8.33. The van der Waals surface area contributed by atoms with Gasteiger partial charge in [0.1, 0.15) is 5.52 Å². The second-order valence-corrected chi connectivity index (χ2v) is 6.98. The molecule has 3 aromatic rings. The Morgan fingerprint density at radius 3 is 2.64 bits per heavy atom. The molecule has 148 valence electrons. The molecule has 0 atom stereocenters. The third kappa shape index (κ3) is 4.12. The lowest BCUT2D eigenvalue weighted by molar-refractivity contribution is 0.0756. The standard InChI is InChI=1S/C20H25N5O3/c1-13(2)28-11-5-10-21-19(26)17-16-18(20(27)24(4)12-22-16)25(23-17)15-8-6-14(3)7-9-15/h6-9,12-13H,5,10-11H2,1-4H3,(H,21,26). The number of nitrogens with zero attached hydrogens (tertiary/aromatic N) is 4. The second kappa shape index (κ2) is 8.35. The molecule has 0 saturated heterocycles. The van der Waals surface area contributed by atoms with Crippen LogP contribution in [0.4, 0.5) is 0 Å². The highest BCUT2D eigenvalue weighted by Gasteiger charge is 2.22. The van der Waals surface area contributed by atoms with Gasteiger partial charge >= 0.3 is 0 Å². The van der Waals surface area contributed by atoms with Crippen molar-refractivity contribution in [2.24, 2.45) is 7.05 Å². The molecule has 0 aliphatic heterocycles. The first-order chi connectivity index (χ1) is 13.4. The van der Waals surface area contributed by atoms with Gasteiger partial charge in [-0.2, -0.15) is 5.10 Å². The molecule has 1 N–H and O–H groups in total. The Morgan fingerprint density at radius 1 is 1.25 bits per heavy atom. The predicted molar refractivity (Wildman–Crippen MR) is 107 cm³/mol. The van der Waals surface area contributed by atoms with Crippen LogP contribution < -0.4 is 10.9 Å². The number of carbonyl (C=O) groups excluding carboxylic acids is 1. The molecule has 0 saturated carbocycles. The van der Waals surface area contributed by atoms with Gasteiger partial charge in [0, 0.05) is 20.2 Å². The summed E-state index contributed by atoms with van der Waals surface area (Å²) in [4.78, 5) is 29.7. The van der Waals surface area contributed by atoms with E-state index in [2.05, 4.69) is 15.4 Å². The van der Waals surface area contributed by atoms with Gasteiger partial charge in [-0.3, -0.25) is 9.59 Å². The fraction of sp³-hybridized carbons (Fsp3) is 0.400. The molecule has 0 unspecified atom stereocenters. The Bertz CT molecular complexity index is 1030. The van der Waals surface area contributed by atoms with E-state index in [0.29, 0.717) is 30.8 Å². The minimum atomic E-state index is -0.360. The average Bonchev–Trinajstić information content (AvgIpc) is 3.05. The Kier molecular flexibility index (Phi) is 5.89. The average molecular weight is 383 g/mol. The number of hydrogen-bond acceptors (Lipinski definition) is 5. The van der Waals surface area contributed by atoms with Gasteiger partial charge in [0.05, 0.1) is 18.1 Å². The van der Waals surface area contributed by atoms with Gasteiger partial charge in [-0.1, -0.05) is 17.7 Å². The molecule has 1 aromatic carbocycles. The molecule has 0 aliphatic rings. The number of hydrogen-bond donors (Lipinski definition) is 1. The summed E-state index contributed by atoms with van der Waals surface area (Å²) in [7, 11) is 1.62. The van der Waals surface area contributed by atoms with Crippen molar-refractivity contribution in [2.45, 2.75) is 33.3 Å². The predicted octanol–water partition coefficient (Wildman–Crippen LogP) is 1.97. The number of ether oxygens (including phenoxy) is 1. The zero-order valence-corrected chi connectivity index (χ0v) is 16.6. The topological polar surface area (TPSA) is 91.0 Å². The van der Waals surface area contributed by atoms with E-state index in [1.807, 2.05) is 45.0 Å². The normalized spacial score (nSPS) is 11.3. The van der Waals surface area contributed by atoms with E-state index in [9.17, 15) is 9.59 Å². The molecule has 3 rings (SSSR count). The van der Waals surface area contributed by atoms with E-state index in [0.717, 1.165) is 5.56 Å². The summed E-state index contributed by atoms with van der Waals surface area (Å²) in [6.07, 6.45) is 2.25. The number of aromatic nitrogens is 4. The molecule has 8 nitrogen and oxygen atoms in total. The van der Waals surface area contributed by atoms with Gasteiger partial charge in [0.15, 0.2) is 11.2 Å². The van der Waals surface area contributed by atoms with Gasteiger partial charge < -0.3 is 14.6 Å². The molecule has 2 aromatic heterocycles. The van der Waals surface area contributed by atoms with E-state index in [-0.39, 0.29) is 28.8 Å². The minimum Gasteiger partial charge on any atom is -0.379 e. The van der Waals surface area contributed by atoms with Crippen molar-refractivity contribution in [1.82, 2.24) is 24.6 Å². The fourth-order valence-electron chi connectivity index (χ4n) is 2.79. The molecule has 0 spiro atoms. The smallest absolute Gasteiger partial charge is 0.279 e. The zero-order valence-electron chi connectivity index (χ0n) is 16.6. The summed E-state index contributed by atoms with van der Waals surface area (Å²) in [6, 6.07) is 7.58.